The second kappa shape index (κ2) is 5.57. The van der Waals surface area contributed by atoms with E-state index < -0.39 is 0 Å². The normalized spacial score (nSPS) is 20.5. The van der Waals surface area contributed by atoms with E-state index in [-0.39, 0.29) is 12.0 Å². The summed E-state index contributed by atoms with van der Waals surface area (Å²) in [5, 5.41) is 7.41. The van der Waals surface area contributed by atoms with E-state index in [1.807, 2.05) is 28.9 Å². The number of hydrogen-bond donors (Lipinski definition) is 1. The quantitative estimate of drug-likeness (QED) is 0.942. The van der Waals surface area contributed by atoms with Gasteiger partial charge in [0.05, 0.1) is 18.8 Å². The predicted octanol–water partition coefficient (Wildman–Crippen LogP) is 2.29. The standard InChI is InChI=1S/C17H19N3O2/c21-17(18-9-12-6-7-12)15-8-14-11-22-16(10-20(14)19-15)13-4-2-1-3-5-13/h1-5,8,12,16H,6-7,9-11H2,(H,18,21)/t16-/m1/s1. The Morgan fingerprint density at radius 2 is 2.14 bits per heavy atom. The molecular formula is C17H19N3O2. The van der Waals surface area contributed by atoms with Gasteiger partial charge in [-0.1, -0.05) is 30.3 Å². The molecule has 2 heterocycles. The molecular weight excluding hydrogens is 278 g/mol. The molecule has 1 N–H and O–H groups in total. The summed E-state index contributed by atoms with van der Waals surface area (Å²) >= 11 is 0. The Morgan fingerprint density at radius 3 is 2.91 bits per heavy atom. The Kier molecular flexibility index (Phi) is 3.42. The Labute approximate surface area is 129 Å². The first-order valence-corrected chi connectivity index (χ1v) is 7.81. The summed E-state index contributed by atoms with van der Waals surface area (Å²) in [6.07, 6.45) is 2.45. The lowest BCUT2D eigenvalue weighted by Crippen LogP contribution is -2.26. The second-order valence-corrected chi connectivity index (χ2v) is 6.07. The Hall–Kier alpha value is -2.14. The van der Waals surface area contributed by atoms with Gasteiger partial charge in [-0.2, -0.15) is 5.10 Å². The van der Waals surface area contributed by atoms with Gasteiger partial charge in [-0.05, 0) is 30.4 Å². The van der Waals surface area contributed by atoms with Crippen molar-refractivity contribution in [2.45, 2.75) is 32.1 Å². The van der Waals surface area contributed by atoms with E-state index in [1.54, 1.807) is 0 Å². The number of fused-ring (bicyclic) bond motifs is 1. The van der Waals surface area contributed by atoms with Crippen LogP contribution >= 0.6 is 0 Å². The van der Waals surface area contributed by atoms with Gasteiger partial charge in [-0.3, -0.25) is 9.48 Å². The van der Waals surface area contributed by atoms with Gasteiger partial charge < -0.3 is 10.1 Å². The van der Waals surface area contributed by atoms with Crippen LogP contribution in [0.5, 0.6) is 0 Å². The fourth-order valence-corrected chi connectivity index (χ4v) is 2.76. The van der Waals surface area contributed by atoms with Crippen LogP contribution in [0.25, 0.3) is 0 Å². The minimum atomic E-state index is -0.0786. The molecule has 0 radical (unpaired) electrons. The number of carbonyl (C=O) groups excluding carboxylic acids is 1. The molecule has 5 heteroatoms. The maximum absolute atomic E-state index is 12.1. The first kappa shape index (κ1) is 13.5. The molecule has 114 valence electrons. The van der Waals surface area contributed by atoms with Crippen LogP contribution in [0.4, 0.5) is 0 Å². The predicted molar refractivity (Wildman–Crippen MR) is 81.3 cm³/mol. The topological polar surface area (TPSA) is 56.2 Å². The molecule has 2 aliphatic rings. The largest absolute Gasteiger partial charge is 0.365 e. The Morgan fingerprint density at radius 1 is 1.32 bits per heavy atom. The fourth-order valence-electron chi connectivity index (χ4n) is 2.76. The zero-order valence-corrected chi connectivity index (χ0v) is 12.4. The molecule has 4 rings (SSSR count). The van der Waals surface area contributed by atoms with Crippen molar-refractivity contribution in [1.29, 1.82) is 0 Å². The number of ether oxygens (including phenoxy) is 1. The smallest absolute Gasteiger partial charge is 0.271 e. The minimum absolute atomic E-state index is 0.00373. The SMILES string of the molecule is O=C(NCC1CC1)c1cc2n(n1)C[C@H](c1ccccc1)OC2. The molecule has 1 aliphatic heterocycles. The number of rotatable bonds is 4. The van der Waals surface area contributed by atoms with Crippen LogP contribution < -0.4 is 5.32 Å². The minimum Gasteiger partial charge on any atom is -0.365 e. The van der Waals surface area contributed by atoms with Crippen molar-refractivity contribution < 1.29 is 9.53 Å². The highest BCUT2D eigenvalue weighted by Crippen LogP contribution is 2.28. The molecule has 1 atom stereocenters. The molecule has 1 amide bonds. The summed E-state index contributed by atoms with van der Waals surface area (Å²) in [6, 6.07) is 12.0. The highest BCUT2D eigenvalue weighted by molar-refractivity contribution is 5.92. The highest BCUT2D eigenvalue weighted by Gasteiger charge is 2.25. The van der Waals surface area contributed by atoms with Gasteiger partial charge in [-0.15, -0.1) is 0 Å². The molecule has 0 unspecified atom stereocenters. The lowest BCUT2D eigenvalue weighted by atomic mass is 10.1. The lowest BCUT2D eigenvalue weighted by Gasteiger charge is -2.24. The van der Waals surface area contributed by atoms with Crippen LogP contribution in [-0.4, -0.2) is 22.2 Å². The third kappa shape index (κ3) is 2.76. The van der Waals surface area contributed by atoms with Crippen molar-refractivity contribution >= 4 is 5.91 Å². The molecule has 1 aliphatic carbocycles. The second-order valence-electron chi connectivity index (χ2n) is 6.07. The average Bonchev–Trinajstić information content (AvgIpc) is 3.29. The van der Waals surface area contributed by atoms with E-state index in [1.165, 1.54) is 12.8 Å². The first-order chi connectivity index (χ1) is 10.8. The molecule has 1 fully saturated rings. The van der Waals surface area contributed by atoms with Gasteiger partial charge in [0.15, 0.2) is 5.69 Å². The molecule has 1 aromatic heterocycles. The summed E-state index contributed by atoms with van der Waals surface area (Å²) in [4.78, 5) is 12.1. The van der Waals surface area contributed by atoms with Crippen LogP contribution in [-0.2, 0) is 17.9 Å². The summed E-state index contributed by atoms with van der Waals surface area (Å²) < 4.78 is 7.80. The van der Waals surface area contributed by atoms with E-state index in [4.69, 9.17) is 4.74 Å². The van der Waals surface area contributed by atoms with E-state index in [9.17, 15) is 4.79 Å². The molecule has 1 saturated carbocycles. The van der Waals surface area contributed by atoms with Crippen molar-refractivity contribution in [3.05, 3.63) is 53.3 Å². The van der Waals surface area contributed by atoms with E-state index in [2.05, 4.69) is 22.5 Å². The maximum Gasteiger partial charge on any atom is 0.271 e. The van der Waals surface area contributed by atoms with Crippen LogP contribution in [0.1, 0.15) is 40.7 Å². The summed E-state index contributed by atoms with van der Waals surface area (Å²) in [7, 11) is 0. The summed E-state index contributed by atoms with van der Waals surface area (Å²) in [5.74, 6) is 0.594. The molecule has 5 nitrogen and oxygen atoms in total. The van der Waals surface area contributed by atoms with Crippen molar-refractivity contribution in [2.75, 3.05) is 6.54 Å². The summed E-state index contributed by atoms with van der Waals surface area (Å²) in [6.45, 7) is 1.90. The van der Waals surface area contributed by atoms with Gasteiger partial charge >= 0.3 is 0 Å². The number of nitrogens with one attached hydrogen (secondary N) is 1. The van der Waals surface area contributed by atoms with Gasteiger partial charge in [0.2, 0.25) is 0 Å². The number of nitrogens with zero attached hydrogens (tertiary/aromatic N) is 2. The first-order valence-electron chi connectivity index (χ1n) is 7.81. The lowest BCUT2D eigenvalue weighted by molar-refractivity contribution is -0.00119. The van der Waals surface area contributed by atoms with E-state index in [0.29, 0.717) is 24.8 Å². The Bertz CT molecular complexity index is 676. The number of hydrogen-bond acceptors (Lipinski definition) is 3. The molecule has 0 spiro atoms. The third-order valence-corrected chi connectivity index (χ3v) is 4.29. The molecule has 2 aromatic rings. The fraction of sp³-hybridized carbons (Fsp3) is 0.412. The zero-order chi connectivity index (χ0) is 14.9. The van der Waals surface area contributed by atoms with Gasteiger partial charge in [-0.25, -0.2) is 0 Å². The highest BCUT2D eigenvalue weighted by atomic mass is 16.5. The van der Waals surface area contributed by atoms with Crippen molar-refractivity contribution in [3.8, 4) is 0 Å². The molecule has 22 heavy (non-hydrogen) atoms. The van der Waals surface area contributed by atoms with Crippen LogP contribution in [0.15, 0.2) is 36.4 Å². The average molecular weight is 297 g/mol. The van der Waals surface area contributed by atoms with Gasteiger partial charge in [0, 0.05) is 6.54 Å². The van der Waals surface area contributed by atoms with E-state index >= 15 is 0 Å². The zero-order valence-electron chi connectivity index (χ0n) is 12.4. The monoisotopic (exact) mass is 297 g/mol. The van der Waals surface area contributed by atoms with Crippen LogP contribution in [0.2, 0.25) is 0 Å². The molecule has 0 saturated heterocycles. The number of benzene rings is 1. The third-order valence-electron chi connectivity index (χ3n) is 4.29. The number of aromatic nitrogens is 2. The molecule has 1 aromatic carbocycles. The van der Waals surface area contributed by atoms with Crippen molar-refractivity contribution in [3.63, 3.8) is 0 Å². The summed E-state index contributed by atoms with van der Waals surface area (Å²) in [5.41, 5.74) is 2.60. The van der Waals surface area contributed by atoms with Crippen molar-refractivity contribution in [1.82, 2.24) is 15.1 Å². The van der Waals surface area contributed by atoms with Crippen molar-refractivity contribution in [2.24, 2.45) is 5.92 Å². The Balaban J connectivity index is 1.47. The number of amides is 1. The van der Waals surface area contributed by atoms with Crippen LogP contribution in [0, 0.1) is 5.92 Å². The van der Waals surface area contributed by atoms with Crippen LogP contribution in [0.3, 0.4) is 0 Å². The maximum atomic E-state index is 12.1. The van der Waals surface area contributed by atoms with E-state index in [0.717, 1.165) is 17.8 Å². The van der Waals surface area contributed by atoms with Gasteiger partial charge in [0.25, 0.3) is 5.91 Å². The molecule has 0 bridgehead atoms. The number of carbonyl (C=O) groups is 1. The van der Waals surface area contributed by atoms with Gasteiger partial charge in [0.1, 0.15) is 6.10 Å².